The van der Waals surface area contributed by atoms with Gasteiger partial charge in [0.1, 0.15) is 0 Å². The Morgan fingerprint density at radius 3 is 2.56 bits per heavy atom. The molecule has 2 aromatic carbocycles. The van der Waals surface area contributed by atoms with Crippen molar-refractivity contribution in [2.75, 3.05) is 12.4 Å². The zero-order valence-electron chi connectivity index (χ0n) is 19.3. The highest BCUT2D eigenvalue weighted by Gasteiger charge is 2.18. The summed E-state index contributed by atoms with van der Waals surface area (Å²) in [6, 6.07) is 19.0. The lowest BCUT2D eigenvalue weighted by Gasteiger charge is -2.16. The number of fused-ring (bicyclic) bond motifs is 1. The van der Waals surface area contributed by atoms with Crippen LogP contribution >= 0.6 is 23.4 Å². The van der Waals surface area contributed by atoms with Crippen molar-refractivity contribution in [2.24, 2.45) is 0 Å². The summed E-state index contributed by atoms with van der Waals surface area (Å²) < 4.78 is 2.27. The first-order valence-electron chi connectivity index (χ1n) is 11.4. The minimum absolute atomic E-state index is 0.224. The van der Waals surface area contributed by atoms with Gasteiger partial charge in [-0.15, -0.1) is 11.8 Å². The lowest BCUT2D eigenvalue weighted by Crippen LogP contribution is -2.31. The Bertz CT molecular complexity index is 1270. The van der Waals surface area contributed by atoms with E-state index in [-0.39, 0.29) is 12.5 Å². The molecule has 0 saturated heterocycles. The van der Waals surface area contributed by atoms with Gasteiger partial charge in [0.25, 0.3) is 5.91 Å². The quantitative estimate of drug-likeness (QED) is 0.286. The van der Waals surface area contributed by atoms with Crippen LogP contribution < -0.4 is 5.32 Å². The average Bonchev–Trinajstić information content (AvgIpc) is 3.20. The molecule has 0 aliphatic heterocycles. The van der Waals surface area contributed by atoms with Crippen LogP contribution in [0.25, 0.3) is 10.9 Å². The smallest absolute Gasteiger partial charge is 0.251 e. The average molecular weight is 494 g/mol. The third-order valence-electron chi connectivity index (χ3n) is 5.78. The minimum Gasteiger partial charge on any atom is -0.394 e. The molecular formula is C27H28ClN3O2S. The van der Waals surface area contributed by atoms with E-state index in [2.05, 4.69) is 34.8 Å². The van der Waals surface area contributed by atoms with Gasteiger partial charge in [-0.25, -0.2) is 0 Å². The first-order valence-corrected chi connectivity index (χ1v) is 12.8. The number of aliphatic hydroxyl groups excluding tert-OH is 1. The monoisotopic (exact) mass is 493 g/mol. The Labute approximate surface area is 209 Å². The van der Waals surface area contributed by atoms with E-state index in [0.29, 0.717) is 11.3 Å². The van der Waals surface area contributed by atoms with E-state index in [1.165, 1.54) is 11.3 Å². The number of aromatic nitrogens is 2. The molecule has 0 aliphatic carbocycles. The second-order valence-electron chi connectivity index (χ2n) is 8.02. The SMILES string of the molecule is CCSc1ccc(C(CO)NC(=O)c2ccc3c(c2)cc(Cc2ccc(Cl)cc2)n3CC)nc1. The van der Waals surface area contributed by atoms with Gasteiger partial charge in [-0.05, 0) is 66.8 Å². The molecule has 1 atom stereocenters. The lowest BCUT2D eigenvalue weighted by molar-refractivity contribution is 0.0915. The van der Waals surface area contributed by atoms with Gasteiger partial charge in [-0.2, -0.15) is 0 Å². The number of benzene rings is 2. The molecule has 4 aromatic rings. The minimum atomic E-state index is -0.565. The molecule has 0 radical (unpaired) electrons. The van der Waals surface area contributed by atoms with E-state index in [4.69, 9.17) is 11.6 Å². The summed E-state index contributed by atoms with van der Waals surface area (Å²) in [5.41, 5.74) is 4.64. The molecule has 2 heterocycles. The zero-order valence-corrected chi connectivity index (χ0v) is 20.9. The number of pyridine rings is 1. The zero-order chi connectivity index (χ0) is 24.1. The molecule has 34 heavy (non-hydrogen) atoms. The number of nitrogens with zero attached hydrogens (tertiary/aromatic N) is 2. The van der Waals surface area contributed by atoms with Gasteiger partial charge in [-0.1, -0.05) is 30.7 Å². The standard InChI is InChI=1S/C27H28ClN3O2S/c1-3-31-22(13-18-5-8-21(28)9-6-18)15-20-14-19(7-12-26(20)31)27(33)30-25(17-32)24-11-10-23(16-29-24)34-4-2/h5-12,14-16,25,32H,3-4,13,17H2,1-2H3,(H,30,33). The van der Waals surface area contributed by atoms with Crippen molar-refractivity contribution in [3.63, 3.8) is 0 Å². The van der Waals surface area contributed by atoms with Crippen LogP contribution in [0.5, 0.6) is 0 Å². The molecule has 4 rings (SSSR count). The summed E-state index contributed by atoms with van der Waals surface area (Å²) >= 11 is 7.73. The highest BCUT2D eigenvalue weighted by molar-refractivity contribution is 7.99. The molecule has 176 valence electrons. The Balaban J connectivity index is 1.55. The maximum Gasteiger partial charge on any atom is 0.251 e. The van der Waals surface area contributed by atoms with Crippen molar-refractivity contribution in [2.45, 2.75) is 37.8 Å². The second kappa shape index (κ2) is 11.1. The summed E-state index contributed by atoms with van der Waals surface area (Å²) in [5, 5.41) is 14.5. The van der Waals surface area contributed by atoms with Crippen LogP contribution in [-0.4, -0.2) is 32.9 Å². The molecule has 0 saturated carbocycles. The number of aliphatic hydroxyl groups is 1. The van der Waals surface area contributed by atoms with Crippen LogP contribution in [0.3, 0.4) is 0 Å². The predicted molar refractivity (Wildman–Crippen MR) is 140 cm³/mol. The molecule has 0 aliphatic rings. The molecule has 1 amide bonds. The Morgan fingerprint density at radius 2 is 1.91 bits per heavy atom. The molecular weight excluding hydrogens is 466 g/mol. The van der Waals surface area contributed by atoms with Crippen molar-refractivity contribution < 1.29 is 9.90 Å². The van der Waals surface area contributed by atoms with Crippen LogP contribution in [-0.2, 0) is 13.0 Å². The number of nitrogens with one attached hydrogen (secondary N) is 1. The van der Waals surface area contributed by atoms with Crippen LogP contribution in [0, 0.1) is 0 Å². The summed E-state index contributed by atoms with van der Waals surface area (Å²) in [6.45, 7) is 4.82. The number of hydrogen-bond acceptors (Lipinski definition) is 4. The van der Waals surface area contributed by atoms with E-state index in [0.717, 1.165) is 39.5 Å². The topological polar surface area (TPSA) is 67.2 Å². The second-order valence-corrected chi connectivity index (χ2v) is 9.79. The van der Waals surface area contributed by atoms with E-state index in [1.54, 1.807) is 18.0 Å². The Hall–Kier alpha value is -2.80. The van der Waals surface area contributed by atoms with Crippen molar-refractivity contribution in [3.8, 4) is 0 Å². The van der Waals surface area contributed by atoms with Gasteiger partial charge in [0, 0.05) is 51.2 Å². The number of halogens is 1. The van der Waals surface area contributed by atoms with E-state index in [1.807, 2.05) is 54.6 Å². The molecule has 1 unspecified atom stereocenters. The van der Waals surface area contributed by atoms with Crippen molar-refractivity contribution >= 4 is 40.2 Å². The van der Waals surface area contributed by atoms with E-state index < -0.39 is 6.04 Å². The summed E-state index contributed by atoms with van der Waals surface area (Å²) in [7, 11) is 0. The summed E-state index contributed by atoms with van der Waals surface area (Å²) in [4.78, 5) is 18.5. The maximum atomic E-state index is 13.0. The highest BCUT2D eigenvalue weighted by atomic mass is 35.5. The van der Waals surface area contributed by atoms with Gasteiger partial charge in [0.15, 0.2) is 0 Å². The summed E-state index contributed by atoms with van der Waals surface area (Å²) in [5.74, 6) is 0.725. The van der Waals surface area contributed by atoms with Crippen molar-refractivity contribution in [1.29, 1.82) is 0 Å². The molecule has 0 spiro atoms. The number of carbonyl (C=O) groups excluding carboxylic acids is 1. The third kappa shape index (κ3) is 5.46. The van der Waals surface area contributed by atoms with E-state index in [9.17, 15) is 9.90 Å². The fourth-order valence-electron chi connectivity index (χ4n) is 4.11. The first-order chi connectivity index (χ1) is 16.5. The molecule has 5 nitrogen and oxygen atoms in total. The van der Waals surface area contributed by atoms with E-state index >= 15 is 0 Å². The normalized spacial score (nSPS) is 12.1. The lowest BCUT2D eigenvalue weighted by atomic mass is 10.1. The molecule has 7 heteroatoms. The Morgan fingerprint density at radius 1 is 1.12 bits per heavy atom. The van der Waals surface area contributed by atoms with Crippen molar-refractivity contribution in [1.82, 2.24) is 14.9 Å². The molecule has 2 N–H and O–H groups in total. The summed E-state index contributed by atoms with van der Waals surface area (Å²) in [6.07, 6.45) is 2.56. The molecule has 0 bridgehead atoms. The van der Waals surface area contributed by atoms with Gasteiger partial charge in [0.05, 0.1) is 18.3 Å². The molecule has 2 aromatic heterocycles. The molecule has 0 fully saturated rings. The number of rotatable bonds is 9. The van der Waals surface area contributed by atoms with Gasteiger partial charge in [-0.3, -0.25) is 9.78 Å². The maximum absolute atomic E-state index is 13.0. The number of hydrogen-bond donors (Lipinski definition) is 2. The van der Waals surface area contributed by atoms with Crippen LogP contribution in [0.15, 0.2) is 71.8 Å². The van der Waals surface area contributed by atoms with Gasteiger partial charge in [0.2, 0.25) is 0 Å². The van der Waals surface area contributed by atoms with Gasteiger partial charge >= 0.3 is 0 Å². The number of carbonyl (C=O) groups is 1. The van der Waals surface area contributed by atoms with Gasteiger partial charge < -0.3 is 15.0 Å². The van der Waals surface area contributed by atoms with Crippen LogP contribution in [0.2, 0.25) is 5.02 Å². The number of amides is 1. The Kier molecular flexibility index (Phi) is 7.93. The van der Waals surface area contributed by atoms with Crippen LogP contribution in [0.4, 0.5) is 0 Å². The predicted octanol–water partition coefficient (Wildman–Crippen LogP) is 5.88. The number of aryl methyl sites for hydroxylation is 1. The van der Waals surface area contributed by atoms with Crippen LogP contribution in [0.1, 0.15) is 47.2 Å². The van der Waals surface area contributed by atoms with Crippen molar-refractivity contribution in [3.05, 3.63) is 94.4 Å². The highest BCUT2D eigenvalue weighted by Crippen LogP contribution is 2.25. The largest absolute Gasteiger partial charge is 0.394 e. The third-order valence-corrected chi connectivity index (χ3v) is 6.89. The number of thioether (sulfide) groups is 1. The first kappa shape index (κ1) is 24.3. The fourth-order valence-corrected chi connectivity index (χ4v) is 4.86. The fraction of sp³-hybridized carbons (Fsp3) is 0.259.